The fourth-order valence-corrected chi connectivity index (χ4v) is 1.20. The van der Waals surface area contributed by atoms with Crippen LogP contribution < -0.4 is 5.48 Å². The Hall–Kier alpha value is -1.03. The summed E-state index contributed by atoms with van der Waals surface area (Å²) < 4.78 is 0. The molecule has 0 aliphatic carbocycles. The van der Waals surface area contributed by atoms with E-state index in [1.54, 1.807) is 0 Å². The van der Waals surface area contributed by atoms with Gasteiger partial charge in [0.2, 0.25) is 5.96 Å². The van der Waals surface area contributed by atoms with Crippen molar-refractivity contribution in [2.45, 2.75) is 12.8 Å². The number of guanidine groups is 1. The Labute approximate surface area is 65.5 Å². The number of aliphatic imine (C=N–C) groups is 1. The molecule has 4 heteroatoms. The van der Waals surface area contributed by atoms with E-state index in [0.29, 0.717) is 6.73 Å². The second-order valence-electron chi connectivity index (χ2n) is 2.58. The molecule has 2 aliphatic rings. The van der Waals surface area contributed by atoms with Crippen LogP contribution in [0.2, 0.25) is 0 Å². The van der Waals surface area contributed by atoms with E-state index < -0.39 is 0 Å². The lowest BCUT2D eigenvalue weighted by Crippen LogP contribution is -2.35. The average Bonchev–Trinajstić information content (AvgIpc) is 2.58. The number of allylic oxidation sites excluding steroid dienone is 1. The van der Waals surface area contributed by atoms with E-state index in [9.17, 15) is 0 Å². The quantitative estimate of drug-likeness (QED) is 0.548. The predicted octanol–water partition coefficient (Wildman–Crippen LogP) is 0.444. The molecule has 2 aliphatic heterocycles. The topological polar surface area (TPSA) is 36.9 Å². The Bertz CT molecular complexity index is 200. The zero-order chi connectivity index (χ0) is 7.52. The maximum Gasteiger partial charge on any atom is 0.224 e. The van der Waals surface area contributed by atoms with Crippen molar-refractivity contribution in [2.24, 2.45) is 4.99 Å². The van der Waals surface area contributed by atoms with Gasteiger partial charge >= 0.3 is 0 Å². The first kappa shape index (κ1) is 6.67. The van der Waals surface area contributed by atoms with Gasteiger partial charge in [0.1, 0.15) is 0 Å². The summed E-state index contributed by atoms with van der Waals surface area (Å²) in [7, 11) is 0. The molecule has 60 valence electrons. The maximum atomic E-state index is 4.88. The van der Waals surface area contributed by atoms with Crippen LogP contribution in [-0.2, 0) is 4.84 Å². The molecule has 2 heterocycles. The molecule has 0 spiro atoms. The van der Waals surface area contributed by atoms with Gasteiger partial charge in [0.05, 0.1) is 0 Å². The molecule has 0 bridgehead atoms. The molecular formula is C7H11N3O. The number of hydroxylamine groups is 1. The number of hydrogen-bond donors (Lipinski definition) is 1. The minimum absolute atomic E-state index is 0.430. The molecule has 1 N–H and O–H groups in total. The van der Waals surface area contributed by atoms with Gasteiger partial charge < -0.3 is 4.90 Å². The highest BCUT2D eigenvalue weighted by Crippen LogP contribution is 2.06. The Morgan fingerprint density at radius 2 is 2.64 bits per heavy atom. The molecule has 0 aromatic rings. The third-order valence-electron chi connectivity index (χ3n) is 1.77. The monoisotopic (exact) mass is 153 g/mol. The molecule has 0 aromatic carbocycles. The molecule has 0 fully saturated rings. The van der Waals surface area contributed by atoms with E-state index in [1.807, 2.05) is 6.20 Å². The van der Waals surface area contributed by atoms with Gasteiger partial charge in [-0.3, -0.25) is 0 Å². The number of hydrogen-bond acceptors (Lipinski definition) is 4. The zero-order valence-corrected chi connectivity index (χ0v) is 6.29. The van der Waals surface area contributed by atoms with Crippen LogP contribution in [0.3, 0.4) is 0 Å². The first-order chi connectivity index (χ1) is 5.47. The van der Waals surface area contributed by atoms with Crippen LogP contribution in [0.25, 0.3) is 0 Å². The summed E-state index contributed by atoms with van der Waals surface area (Å²) in [6, 6.07) is 0. The second-order valence-corrected chi connectivity index (χ2v) is 2.58. The normalized spacial score (nSPS) is 23.3. The molecule has 0 unspecified atom stereocenters. The number of nitrogens with one attached hydrogen (secondary N) is 1. The minimum Gasteiger partial charge on any atom is -0.318 e. The molecule has 0 atom stereocenters. The summed E-state index contributed by atoms with van der Waals surface area (Å²) in [6.45, 7) is 1.46. The van der Waals surface area contributed by atoms with Crippen LogP contribution in [0.4, 0.5) is 0 Å². The zero-order valence-electron chi connectivity index (χ0n) is 6.29. The smallest absolute Gasteiger partial charge is 0.224 e. The molecule has 0 amide bonds. The Morgan fingerprint density at radius 1 is 1.64 bits per heavy atom. The van der Waals surface area contributed by atoms with Gasteiger partial charge in [0.25, 0.3) is 0 Å². The third kappa shape index (κ3) is 1.35. The van der Waals surface area contributed by atoms with Crippen molar-refractivity contribution in [1.82, 2.24) is 10.4 Å². The van der Waals surface area contributed by atoms with Gasteiger partial charge in [-0.2, -0.15) is 0 Å². The van der Waals surface area contributed by atoms with Crippen LogP contribution in [0.15, 0.2) is 17.3 Å². The second kappa shape index (κ2) is 2.92. The standard InChI is InChI=1S/C7H11N3O/c1-2-4-10(5-3-1)7-8-6-11-9-7/h2,4H,1,3,5-6H2,(H,8,9). The van der Waals surface area contributed by atoms with E-state index in [-0.39, 0.29) is 0 Å². The summed E-state index contributed by atoms with van der Waals surface area (Å²) in [6.07, 6.45) is 6.55. The molecule has 0 aromatic heterocycles. The van der Waals surface area contributed by atoms with Crippen molar-refractivity contribution in [3.8, 4) is 0 Å². The highest BCUT2D eigenvalue weighted by atomic mass is 16.7. The lowest BCUT2D eigenvalue weighted by Gasteiger charge is -2.21. The fourth-order valence-electron chi connectivity index (χ4n) is 1.20. The van der Waals surface area contributed by atoms with Gasteiger partial charge in [-0.25, -0.2) is 15.3 Å². The number of rotatable bonds is 0. The summed E-state index contributed by atoms with van der Waals surface area (Å²) in [5.74, 6) is 0.834. The maximum absolute atomic E-state index is 4.88. The van der Waals surface area contributed by atoms with Crippen molar-refractivity contribution >= 4 is 5.96 Å². The summed E-state index contributed by atoms with van der Waals surface area (Å²) in [5.41, 5.74) is 2.75. The van der Waals surface area contributed by atoms with Crippen molar-refractivity contribution in [3.63, 3.8) is 0 Å². The average molecular weight is 153 g/mol. The molecular weight excluding hydrogens is 142 g/mol. The van der Waals surface area contributed by atoms with E-state index in [0.717, 1.165) is 12.5 Å². The van der Waals surface area contributed by atoms with Gasteiger partial charge in [-0.1, -0.05) is 6.08 Å². The van der Waals surface area contributed by atoms with Crippen molar-refractivity contribution in [2.75, 3.05) is 13.3 Å². The lowest BCUT2D eigenvalue weighted by molar-refractivity contribution is 0.110. The molecule has 0 saturated carbocycles. The summed E-state index contributed by atoms with van der Waals surface area (Å²) >= 11 is 0. The van der Waals surface area contributed by atoms with Gasteiger partial charge in [0, 0.05) is 12.7 Å². The highest BCUT2D eigenvalue weighted by Gasteiger charge is 2.13. The minimum atomic E-state index is 0.430. The van der Waals surface area contributed by atoms with E-state index in [2.05, 4.69) is 21.4 Å². The van der Waals surface area contributed by atoms with Crippen molar-refractivity contribution in [3.05, 3.63) is 12.3 Å². The first-order valence-corrected chi connectivity index (χ1v) is 3.82. The van der Waals surface area contributed by atoms with Gasteiger partial charge in [-0.15, -0.1) is 0 Å². The van der Waals surface area contributed by atoms with Crippen molar-refractivity contribution in [1.29, 1.82) is 0 Å². The van der Waals surface area contributed by atoms with E-state index in [4.69, 9.17) is 4.84 Å². The SMILES string of the molecule is C1=CN(C2=NCON2)CCC1. The fraction of sp³-hybridized carbons (Fsp3) is 0.571. The van der Waals surface area contributed by atoms with Crippen LogP contribution in [0.1, 0.15) is 12.8 Å². The van der Waals surface area contributed by atoms with E-state index >= 15 is 0 Å². The van der Waals surface area contributed by atoms with Gasteiger partial charge in [0.15, 0.2) is 6.73 Å². The first-order valence-electron chi connectivity index (χ1n) is 3.82. The van der Waals surface area contributed by atoms with Gasteiger partial charge in [-0.05, 0) is 12.8 Å². The molecule has 0 radical (unpaired) electrons. The Morgan fingerprint density at radius 3 is 3.27 bits per heavy atom. The molecule has 11 heavy (non-hydrogen) atoms. The predicted molar refractivity (Wildman–Crippen MR) is 41.6 cm³/mol. The molecule has 0 saturated heterocycles. The number of nitrogens with zero attached hydrogens (tertiary/aromatic N) is 2. The van der Waals surface area contributed by atoms with Crippen molar-refractivity contribution < 1.29 is 4.84 Å². The Kier molecular flexibility index (Phi) is 1.77. The molecule has 4 nitrogen and oxygen atoms in total. The van der Waals surface area contributed by atoms with Crippen LogP contribution in [0.5, 0.6) is 0 Å². The van der Waals surface area contributed by atoms with Crippen LogP contribution >= 0.6 is 0 Å². The lowest BCUT2D eigenvalue weighted by atomic mass is 10.2. The largest absolute Gasteiger partial charge is 0.318 e. The summed E-state index contributed by atoms with van der Waals surface area (Å²) in [4.78, 5) is 11.1. The Balaban J connectivity index is 2.02. The van der Waals surface area contributed by atoms with E-state index in [1.165, 1.54) is 12.8 Å². The third-order valence-corrected chi connectivity index (χ3v) is 1.77. The summed E-state index contributed by atoms with van der Waals surface area (Å²) in [5, 5.41) is 0. The highest BCUT2D eigenvalue weighted by molar-refractivity contribution is 5.80. The van der Waals surface area contributed by atoms with Crippen LogP contribution in [-0.4, -0.2) is 24.1 Å². The van der Waals surface area contributed by atoms with Crippen LogP contribution in [0, 0.1) is 0 Å². The molecule has 2 rings (SSSR count).